The predicted molar refractivity (Wildman–Crippen MR) is 107 cm³/mol. The van der Waals surface area contributed by atoms with E-state index in [1.165, 1.54) is 3.57 Å². The molecule has 4 nitrogen and oxygen atoms in total. The molecule has 2 N–H and O–H groups in total. The van der Waals surface area contributed by atoms with Gasteiger partial charge in [0.15, 0.2) is 0 Å². The second kappa shape index (κ2) is 7.88. The molecule has 0 aliphatic carbocycles. The summed E-state index contributed by atoms with van der Waals surface area (Å²) in [5.41, 5.74) is 0.930. The number of hydrogen-bond acceptors (Lipinski definition) is 3. The molecule has 0 spiro atoms. The van der Waals surface area contributed by atoms with Crippen molar-refractivity contribution in [2.45, 2.75) is 13.0 Å². The van der Waals surface area contributed by atoms with Crippen LogP contribution in [0.1, 0.15) is 6.92 Å². The molecular formula is C13H16I3N3O. The van der Waals surface area contributed by atoms with Crippen molar-refractivity contribution in [3.05, 3.63) is 22.8 Å². The van der Waals surface area contributed by atoms with E-state index in [0.29, 0.717) is 12.6 Å². The topological polar surface area (TPSA) is 44.4 Å². The number of carbonyl (C=O) groups is 1. The highest BCUT2D eigenvalue weighted by Gasteiger charge is 2.19. The Balaban J connectivity index is 1.98. The smallest absolute Gasteiger partial charge is 0.238 e. The maximum Gasteiger partial charge on any atom is 0.238 e. The Morgan fingerprint density at radius 2 is 2.05 bits per heavy atom. The molecule has 1 amide bonds. The van der Waals surface area contributed by atoms with Crippen LogP contribution < -0.4 is 10.6 Å². The molecule has 0 radical (unpaired) electrons. The van der Waals surface area contributed by atoms with Crippen LogP contribution in [-0.4, -0.2) is 43.0 Å². The predicted octanol–water partition coefficient (Wildman–Crippen LogP) is 2.73. The van der Waals surface area contributed by atoms with Gasteiger partial charge < -0.3 is 10.6 Å². The molecule has 20 heavy (non-hydrogen) atoms. The molecule has 7 heteroatoms. The van der Waals surface area contributed by atoms with Crippen molar-refractivity contribution in [3.63, 3.8) is 0 Å². The minimum Gasteiger partial charge on any atom is -0.323 e. The lowest BCUT2D eigenvalue weighted by molar-refractivity contribution is -0.117. The molecule has 1 fully saturated rings. The molecule has 1 aromatic carbocycles. The second-order valence-electron chi connectivity index (χ2n) is 4.88. The second-order valence-corrected chi connectivity index (χ2v) is 8.45. The van der Waals surface area contributed by atoms with Crippen LogP contribution in [0.5, 0.6) is 0 Å². The van der Waals surface area contributed by atoms with Gasteiger partial charge in [-0.1, -0.05) is 0 Å². The summed E-state index contributed by atoms with van der Waals surface area (Å²) in [6.45, 7) is 5.42. The van der Waals surface area contributed by atoms with E-state index < -0.39 is 0 Å². The number of piperazine rings is 1. The molecule has 0 saturated carbocycles. The summed E-state index contributed by atoms with van der Waals surface area (Å²) in [6, 6.07) is 4.60. The molecule has 1 heterocycles. The highest BCUT2D eigenvalue weighted by atomic mass is 127. The number of carbonyl (C=O) groups excluding carboxylic acids is 1. The number of nitrogens with zero attached hydrogens (tertiary/aromatic N) is 1. The van der Waals surface area contributed by atoms with Crippen molar-refractivity contribution < 1.29 is 4.79 Å². The normalized spacial score (nSPS) is 19.9. The summed E-state index contributed by atoms with van der Waals surface area (Å²) < 4.78 is 3.35. The van der Waals surface area contributed by atoms with Gasteiger partial charge in [-0.25, -0.2) is 0 Å². The number of nitrogens with one attached hydrogen (secondary N) is 2. The molecule has 1 aliphatic heterocycles. The molecule has 1 atom stereocenters. The van der Waals surface area contributed by atoms with E-state index in [4.69, 9.17) is 0 Å². The first kappa shape index (κ1) is 17.2. The van der Waals surface area contributed by atoms with Crippen molar-refractivity contribution in [1.82, 2.24) is 10.2 Å². The third-order valence-corrected chi connectivity index (χ3v) is 5.42. The van der Waals surface area contributed by atoms with Crippen LogP contribution in [0.3, 0.4) is 0 Å². The maximum atomic E-state index is 12.2. The average molecular weight is 611 g/mol. The Morgan fingerprint density at radius 3 is 2.65 bits per heavy atom. The molecule has 0 bridgehead atoms. The molecule has 110 valence electrons. The summed E-state index contributed by atoms with van der Waals surface area (Å²) in [5, 5.41) is 6.43. The van der Waals surface area contributed by atoms with E-state index in [2.05, 4.69) is 102 Å². The zero-order valence-electron chi connectivity index (χ0n) is 11.0. The number of hydrogen-bond donors (Lipinski definition) is 2. The number of rotatable bonds is 3. The van der Waals surface area contributed by atoms with Gasteiger partial charge in [0.05, 0.1) is 12.2 Å². The first-order valence-electron chi connectivity index (χ1n) is 6.36. The minimum atomic E-state index is 0.0659. The first-order valence-corrected chi connectivity index (χ1v) is 9.59. The summed E-state index contributed by atoms with van der Waals surface area (Å²) in [6.07, 6.45) is 0. The fourth-order valence-corrected chi connectivity index (χ4v) is 6.05. The molecular weight excluding hydrogens is 595 g/mol. The molecule has 1 aliphatic rings. The fraction of sp³-hybridized carbons (Fsp3) is 0.462. The van der Waals surface area contributed by atoms with Gasteiger partial charge in [0.2, 0.25) is 5.91 Å². The summed E-state index contributed by atoms with van der Waals surface area (Å²) >= 11 is 6.83. The van der Waals surface area contributed by atoms with Crippen LogP contribution >= 0.6 is 67.8 Å². The minimum absolute atomic E-state index is 0.0659. The van der Waals surface area contributed by atoms with Gasteiger partial charge in [0.1, 0.15) is 0 Å². The number of halogens is 3. The monoisotopic (exact) mass is 611 g/mol. The van der Waals surface area contributed by atoms with Gasteiger partial charge in [-0.15, -0.1) is 0 Å². The maximum absolute atomic E-state index is 12.2. The van der Waals surface area contributed by atoms with Gasteiger partial charge in [-0.2, -0.15) is 0 Å². The highest BCUT2D eigenvalue weighted by molar-refractivity contribution is 14.1. The van der Waals surface area contributed by atoms with Crippen molar-refractivity contribution in [2.24, 2.45) is 0 Å². The van der Waals surface area contributed by atoms with Crippen molar-refractivity contribution >= 4 is 79.4 Å². The van der Waals surface area contributed by atoms with E-state index in [1.807, 2.05) is 0 Å². The van der Waals surface area contributed by atoms with Gasteiger partial charge in [0, 0.05) is 36.4 Å². The van der Waals surface area contributed by atoms with Crippen LogP contribution in [0.15, 0.2) is 12.1 Å². The molecule has 0 aromatic heterocycles. The third kappa shape index (κ3) is 4.92. The molecule has 1 saturated heterocycles. The quantitative estimate of drug-likeness (QED) is 0.518. The van der Waals surface area contributed by atoms with Crippen LogP contribution in [0.2, 0.25) is 0 Å². The van der Waals surface area contributed by atoms with Crippen molar-refractivity contribution in [3.8, 4) is 0 Å². The Kier molecular flexibility index (Phi) is 6.76. The van der Waals surface area contributed by atoms with E-state index >= 15 is 0 Å². The van der Waals surface area contributed by atoms with Gasteiger partial charge in [-0.05, 0) is 86.8 Å². The van der Waals surface area contributed by atoms with Crippen molar-refractivity contribution in [2.75, 3.05) is 31.5 Å². The fourth-order valence-electron chi connectivity index (χ4n) is 2.20. The van der Waals surface area contributed by atoms with E-state index in [0.717, 1.165) is 32.5 Å². The standard InChI is InChI=1S/C13H16I3N3O/c1-8-6-19(3-2-17-8)7-12(20)18-13-10(15)4-9(14)5-11(13)16/h4-5,8,17H,2-3,6-7H2,1H3,(H,18,20). The van der Waals surface area contributed by atoms with Gasteiger partial charge in [0.25, 0.3) is 0 Å². The first-order chi connectivity index (χ1) is 9.45. The molecule has 1 aromatic rings. The van der Waals surface area contributed by atoms with E-state index in [-0.39, 0.29) is 5.91 Å². The average Bonchev–Trinajstić information content (AvgIpc) is 2.33. The zero-order valence-corrected chi connectivity index (χ0v) is 17.5. The Bertz CT molecular complexity index is 487. The largest absolute Gasteiger partial charge is 0.323 e. The van der Waals surface area contributed by atoms with Crippen LogP contribution in [0.25, 0.3) is 0 Å². The lowest BCUT2D eigenvalue weighted by Crippen LogP contribution is -2.51. The summed E-state index contributed by atoms with van der Waals surface area (Å²) in [5.74, 6) is 0.0659. The Labute approximate surface area is 160 Å². The number of amides is 1. The van der Waals surface area contributed by atoms with Gasteiger partial charge in [-0.3, -0.25) is 9.69 Å². The lowest BCUT2D eigenvalue weighted by atomic mass is 10.2. The van der Waals surface area contributed by atoms with E-state index in [9.17, 15) is 4.79 Å². The lowest BCUT2D eigenvalue weighted by Gasteiger charge is -2.31. The number of anilines is 1. The summed E-state index contributed by atoms with van der Waals surface area (Å²) in [7, 11) is 0. The molecule has 1 unspecified atom stereocenters. The van der Waals surface area contributed by atoms with Crippen LogP contribution in [-0.2, 0) is 4.79 Å². The van der Waals surface area contributed by atoms with Crippen LogP contribution in [0, 0.1) is 10.7 Å². The number of benzene rings is 1. The Hall–Kier alpha value is 0.800. The Morgan fingerprint density at radius 1 is 1.40 bits per heavy atom. The third-order valence-electron chi connectivity index (χ3n) is 3.09. The van der Waals surface area contributed by atoms with Crippen molar-refractivity contribution in [1.29, 1.82) is 0 Å². The SMILES string of the molecule is CC1CN(CC(=O)Nc2c(I)cc(I)cc2I)CCN1. The molecule has 2 rings (SSSR count). The van der Waals surface area contributed by atoms with Crippen LogP contribution in [0.4, 0.5) is 5.69 Å². The summed E-state index contributed by atoms with van der Waals surface area (Å²) in [4.78, 5) is 14.4. The highest BCUT2D eigenvalue weighted by Crippen LogP contribution is 2.27. The van der Waals surface area contributed by atoms with E-state index in [1.54, 1.807) is 0 Å². The zero-order chi connectivity index (χ0) is 14.7. The van der Waals surface area contributed by atoms with Gasteiger partial charge >= 0.3 is 0 Å².